The second-order valence-corrected chi connectivity index (χ2v) is 4.55. The van der Waals surface area contributed by atoms with Gasteiger partial charge in [-0.05, 0) is 43.7 Å². The van der Waals surface area contributed by atoms with Crippen molar-refractivity contribution in [2.45, 2.75) is 32.9 Å². The van der Waals surface area contributed by atoms with Crippen LogP contribution in [-0.4, -0.2) is 19.7 Å². The molecule has 1 fully saturated rings. The fourth-order valence-electron chi connectivity index (χ4n) is 2.02. The summed E-state index contributed by atoms with van der Waals surface area (Å²) >= 11 is 0. The SMILES string of the molecule is CC.FC(F)(F)c1ccc(OCC2CCCNC2)cc1. The van der Waals surface area contributed by atoms with Crippen molar-refractivity contribution in [1.82, 2.24) is 5.32 Å². The van der Waals surface area contributed by atoms with Crippen LogP contribution in [0, 0.1) is 5.92 Å². The number of alkyl halides is 3. The molecule has 2 nitrogen and oxygen atoms in total. The topological polar surface area (TPSA) is 21.3 Å². The largest absolute Gasteiger partial charge is 0.493 e. The zero-order valence-corrected chi connectivity index (χ0v) is 12.0. The molecule has 0 spiro atoms. The predicted molar refractivity (Wildman–Crippen MR) is 73.9 cm³/mol. The molecular weight excluding hydrogens is 267 g/mol. The van der Waals surface area contributed by atoms with Gasteiger partial charge in [-0.25, -0.2) is 0 Å². The lowest BCUT2D eigenvalue weighted by atomic mass is 10.0. The Morgan fingerprint density at radius 3 is 2.35 bits per heavy atom. The average molecular weight is 289 g/mol. The lowest BCUT2D eigenvalue weighted by Crippen LogP contribution is -2.33. The molecule has 2 rings (SSSR count). The fraction of sp³-hybridized carbons (Fsp3) is 0.600. The van der Waals surface area contributed by atoms with Crippen LogP contribution in [0.15, 0.2) is 24.3 Å². The van der Waals surface area contributed by atoms with Gasteiger partial charge in [-0.2, -0.15) is 13.2 Å². The summed E-state index contributed by atoms with van der Waals surface area (Å²) in [5.74, 6) is 0.939. The van der Waals surface area contributed by atoms with E-state index in [-0.39, 0.29) is 0 Å². The monoisotopic (exact) mass is 289 g/mol. The molecule has 5 heteroatoms. The Morgan fingerprint density at radius 1 is 1.20 bits per heavy atom. The van der Waals surface area contributed by atoms with Gasteiger partial charge in [-0.1, -0.05) is 13.8 Å². The Hall–Kier alpha value is -1.23. The van der Waals surface area contributed by atoms with E-state index in [4.69, 9.17) is 4.74 Å². The van der Waals surface area contributed by atoms with Crippen molar-refractivity contribution >= 4 is 0 Å². The standard InChI is InChI=1S/C13H16F3NO.C2H6/c14-13(15,16)11-3-5-12(6-4-11)18-9-10-2-1-7-17-8-10;1-2/h3-6,10,17H,1-2,7-9H2;1-2H3. The number of rotatable bonds is 3. The molecule has 114 valence electrons. The summed E-state index contributed by atoms with van der Waals surface area (Å²) in [6.45, 7) is 6.51. The minimum Gasteiger partial charge on any atom is -0.493 e. The van der Waals surface area contributed by atoms with Crippen molar-refractivity contribution in [2.24, 2.45) is 5.92 Å². The summed E-state index contributed by atoms with van der Waals surface area (Å²) in [6.07, 6.45) is -2.06. The van der Waals surface area contributed by atoms with Gasteiger partial charge >= 0.3 is 6.18 Å². The number of hydrogen-bond donors (Lipinski definition) is 1. The van der Waals surface area contributed by atoms with Crippen LogP contribution < -0.4 is 10.1 Å². The highest BCUT2D eigenvalue weighted by atomic mass is 19.4. The van der Waals surface area contributed by atoms with E-state index in [1.807, 2.05) is 13.8 Å². The number of halogens is 3. The minimum atomic E-state index is -4.29. The molecule has 1 unspecified atom stereocenters. The molecule has 0 aromatic heterocycles. The minimum absolute atomic E-state index is 0.445. The molecule has 0 bridgehead atoms. The Morgan fingerprint density at radius 2 is 1.85 bits per heavy atom. The van der Waals surface area contributed by atoms with Crippen LogP contribution >= 0.6 is 0 Å². The molecule has 1 aliphatic rings. The van der Waals surface area contributed by atoms with Gasteiger partial charge in [0, 0.05) is 12.5 Å². The molecule has 0 radical (unpaired) electrons. The van der Waals surface area contributed by atoms with Gasteiger partial charge in [0.05, 0.1) is 12.2 Å². The molecule has 1 aromatic rings. The van der Waals surface area contributed by atoms with Crippen molar-refractivity contribution in [3.8, 4) is 5.75 Å². The molecule has 20 heavy (non-hydrogen) atoms. The molecule has 1 aromatic carbocycles. The highest BCUT2D eigenvalue weighted by Gasteiger charge is 2.30. The first-order chi connectivity index (χ1) is 9.55. The molecule has 0 amide bonds. The van der Waals surface area contributed by atoms with E-state index in [0.717, 1.165) is 38.1 Å². The Balaban J connectivity index is 0.000000956. The summed E-state index contributed by atoms with van der Waals surface area (Å²) in [5, 5.41) is 3.27. The fourth-order valence-corrected chi connectivity index (χ4v) is 2.02. The molecule has 0 saturated carbocycles. The van der Waals surface area contributed by atoms with Gasteiger partial charge in [0.2, 0.25) is 0 Å². The number of hydrogen-bond acceptors (Lipinski definition) is 2. The highest BCUT2D eigenvalue weighted by molar-refractivity contribution is 5.28. The van der Waals surface area contributed by atoms with Crippen molar-refractivity contribution in [3.63, 3.8) is 0 Å². The Labute approximate surface area is 118 Å². The van der Waals surface area contributed by atoms with E-state index in [0.29, 0.717) is 18.3 Å². The first-order valence-electron chi connectivity index (χ1n) is 7.06. The first-order valence-corrected chi connectivity index (χ1v) is 7.06. The number of nitrogens with one attached hydrogen (secondary N) is 1. The molecular formula is C15H22F3NO. The molecule has 1 heterocycles. The number of ether oxygens (including phenoxy) is 1. The number of benzene rings is 1. The quantitative estimate of drug-likeness (QED) is 0.904. The first kappa shape index (κ1) is 16.8. The van der Waals surface area contributed by atoms with Crippen LogP contribution in [0.1, 0.15) is 32.3 Å². The summed E-state index contributed by atoms with van der Waals surface area (Å²) in [4.78, 5) is 0. The predicted octanol–water partition coefficient (Wildman–Crippen LogP) is 4.11. The zero-order valence-electron chi connectivity index (χ0n) is 12.0. The molecule has 0 aliphatic carbocycles. The third-order valence-electron chi connectivity index (χ3n) is 3.07. The van der Waals surface area contributed by atoms with Crippen molar-refractivity contribution in [2.75, 3.05) is 19.7 Å². The summed E-state index contributed by atoms with van der Waals surface area (Å²) < 4.78 is 42.5. The van der Waals surface area contributed by atoms with Crippen LogP contribution in [0.2, 0.25) is 0 Å². The maximum Gasteiger partial charge on any atom is 0.416 e. The second-order valence-electron chi connectivity index (χ2n) is 4.55. The summed E-state index contributed by atoms with van der Waals surface area (Å²) in [5.41, 5.74) is -0.644. The van der Waals surface area contributed by atoms with Crippen LogP contribution in [0.3, 0.4) is 0 Å². The maximum atomic E-state index is 12.3. The second kappa shape index (κ2) is 8.15. The van der Waals surface area contributed by atoms with Crippen LogP contribution in [0.5, 0.6) is 5.75 Å². The van der Waals surface area contributed by atoms with Gasteiger partial charge in [0.25, 0.3) is 0 Å². The van der Waals surface area contributed by atoms with Crippen LogP contribution in [-0.2, 0) is 6.18 Å². The van der Waals surface area contributed by atoms with Crippen molar-refractivity contribution in [1.29, 1.82) is 0 Å². The van der Waals surface area contributed by atoms with E-state index < -0.39 is 11.7 Å². The van der Waals surface area contributed by atoms with E-state index in [1.165, 1.54) is 12.1 Å². The van der Waals surface area contributed by atoms with Gasteiger partial charge in [0.15, 0.2) is 0 Å². The van der Waals surface area contributed by atoms with Gasteiger partial charge < -0.3 is 10.1 Å². The van der Waals surface area contributed by atoms with Crippen LogP contribution in [0.25, 0.3) is 0 Å². The van der Waals surface area contributed by atoms with Crippen molar-refractivity contribution < 1.29 is 17.9 Å². The van der Waals surface area contributed by atoms with Crippen LogP contribution in [0.4, 0.5) is 13.2 Å². The van der Waals surface area contributed by atoms with E-state index in [9.17, 15) is 13.2 Å². The van der Waals surface area contributed by atoms with Gasteiger partial charge in [-0.15, -0.1) is 0 Å². The third-order valence-corrected chi connectivity index (χ3v) is 3.07. The highest BCUT2D eigenvalue weighted by Crippen LogP contribution is 2.30. The zero-order chi connectivity index (χ0) is 15.0. The molecule has 1 N–H and O–H groups in total. The average Bonchev–Trinajstić information content (AvgIpc) is 2.48. The normalized spacial score (nSPS) is 18.9. The molecule has 1 aliphatic heterocycles. The third kappa shape index (κ3) is 5.41. The molecule has 1 atom stereocenters. The van der Waals surface area contributed by atoms with Gasteiger partial charge in [0.1, 0.15) is 5.75 Å². The summed E-state index contributed by atoms with van der Waals surface area (Å²) in [7, 11) is 0. The number of piperidine rings is 1. The van der Waals surface area contributed by atoms with Crippen molar-refractivity contribution in [3.05, 3.63) is 29.8 Å². The van der Waals surface area contributed by atoms with E-state index >= 15 is 0 Å². The van der Waals surface area contributed by atoms with E-state index in [2.05, 4.69) is 5.32 Å². The maximum absolute atomic E-state index is 12.3. The Bertz CT molecular complexity index is 370. The summed E-state index contributed by atoms with van der Waals surface area (Å²) in [6, 6.07) is 4.85. The lowest BCUT2D eigenvalue weighted by Gasteiger charge is -2.22. The van der Waals surface area contributed by atoms with Gasteiger partial charge in [-0.3, -0.25) is 0 Å². The lowest BCUT2D eigenvalue weighted by molar-refractivity contribution is -0.137. The molecule has 1 saturated heterocycles. The Kier molecular flexibility index (Phi) is 6.85. The smallest absolute Gasteiger partial charge is 0.416 e. The van der Waals surface area contributed by atoms with E-state index in [1.54, 1.807) is 0 Å².